The first-order valence-electron chi connectivity index (χ1n) is 10.3. The molecule has 0 fully saturated rings. The monoisotopic (exact) mass is 504 g/mol. The fraction of sp³-hybridized carbons (Fsp3) is 0.0769. The van der Waals surface area contributed by atoms with E-state index in [0.717, 1.165) is 12.1 Å². The standard InChI is InChI=1S/C26H14F6O4/c1-11-3-9-18(36-26(34)14-6-8-16(28)24(32)22(14)30)20-12(2)4-10-17(19(11)20)35-25(33)13-5-7-15(27)23(31)21(13)29/h3-10H,1-2H3. The minimum absolute atomic E-state index is 0.126. The maximum absolute atomic E-state index is 14.1. The molecule has 0 saturated carbocycles. The molecule has 0 aliphatic heterocycles. The van der Waals surface area contributed by atoms with Crippen molar-refractivity contribution >= 4 is 22.7 Å². The summed E-state index contributed by atoms with van der Waals surface area (Å²) in [5, 5.41) is 0.477. The number of rotatable bonds is 4. The molecule has 0 atom stereocenters. The molecule has 0 radical (unpaired) electrons. The van der Waals surface area contributed by atoms with E-state index in [4.69, 9.17) is 9.47 Å². The summed E-state index contributed by atoms with van der Waals surface area (Å²) >= 11 is 0. The Morgan fingerprint density at radius 1 is 0.528 bits per heavy atom. The van der Waals surface area contributed by atoms with Gasteiger partial charge in [0.2, 0.25) is 0 Å². The number of halogens is 6. The van der Waals surface area contributed by atoms with Crippen molar-refractivity contribution in [2.75, 3.05) is 0 Å². The van der Waals surface area contributed by atoms with Crippen LogP contribution in [0.2, 0.25) is 0 Å². The van der Waals surface area contributed by atoms with Crippen LogP contribution in [0.4, 0.5) is 26.3 Å². The predicted molar refractivity (Wildman–Crippen MR) is 116 cm³/mol. The number of aryl methyl sites for hydroxylation is 2. The number of carbonyl (C=O) groups excluding carboxylic acids is 2. The minimum atomic E-state index is -1.84. The Hall–Kier alpha value is -4.34. The third-order valence-electron chi connectivity index (χ3n) is 5.42. The van der Waals surface area contributed by atoms with Crippen molar-refractivity contribution in [3.05, 3.63) is 106 Å². The van der Waals surface area contributed by atoms with E-state index in [-0.39, 0.29) is 22.3 Å². The Morgan fingerprint density at radius 2 is 0.889 bits per heavy atom. The molecule has 36 heavy (non-hydrogen) atoms. The van der Waals surface area contributed by atoms with Gasteiger partial charge in [-0.05, 0) is 61.4 Å². The van der Waals surface area contributed by atoms with Crippen LogP contribution >= 0.6 is 0 Å². The van der Waals surface area contributed by atoms with E-state index in [9.17, 15) is 35.9 Å². The van der Waals surface area contributed by atoms with Gasteiger partial charge >= 0.3 is 11.9 Å². The zero-order chi connectivity index (χ0) is 26.3. The topological polar surface area (TPSA) is 52.6 Å². The zero-order valence-electron chi connectivity index (χ0n) is 18.5. The van der Waals surface area contributed by atoms with E-state index in [1.54, 1.807) is 13.8 Å². The molecule has 0 saturated heterocycles. The average molecular weight is 504 g/mol. The number of hydrogen-bond donors (Lipinski definition) is 0. The molecule has 0 aromatic heterocycles. The maximum atomic E-state index is 14.1. The number of fused-ring (bicyclic) bond motifs is 1. The van der Waals surface area contributed by atoms with Crippen molar-refractivity contribution in [1.29, 1.82) is 0 Å². The van der Waals surface area contributed by atoms with Gasteiger partial charge in [0.1, 0.15) is 11.5 Å². The second-order valence-electron chi connectivity index (χ2n) is 7.74. The number of hydrogen-bond acceptors (Lipinski definition) is 4. The molecular weight excluding hydrogens is 490 g/mol. The van der Waals surface area contributed by atoms with Gasteiger partial charge in [-0.1, -0.05) is 12.1 Å². The summed E-state index contributed by atoms with van der Waals surface area (Å²) in [6, 6.07) is 8.27. The van der Waals surface area contributed by atoms with Gasteiger partial charge in [0.25, 0.3) is 0 Å². The van der Waals surface area contributed by atoms with Crippen molar-refractivity contribution in [3.8, 4) is 11.5 Å². The predicted octanol–water partition coefficient (Wildman–Crippen LogP) is 6.73. The highest BCUT2D eigenvalue weighted by Gasteiger charge is 2.24. The van der Waals surface area contributed by atoms with Gasteiger partial charge < -0.3 is 9.47 Å². The van der Waals surface area contributed by atoms with Crippen molar-refractivity contribution in [1.82, 2.24) is 0 Å². The fourth-order valence-corrected chi connectivity index (χ4v) is 3.61. The molecule has 10 heteroatoms. The second-order valence-corrected chi connectivity index (χ2v) is 7.74. The molecule has 4 aromatic rings. The molecule has 0 N–H and O–H groups in total. The quantitative estimate of drug-likeness (QED) is 0.134. The molecule has 0 spiro atoms. The van der Waals surface area contributed by atoms with Gasteiger partial charge in [-0.3, -0.25) is 0 Å². The number of carbonyl (C=O) groups is 2. The van der Waals surface area contributed by atoms with Gasteiger partial charge in [0.15, 0.2) is 34.9 Å². The molecule has 0 unspecified atom stereocenters. The van der Waals surface area contributed by atoms with Crippen LogP contribution in [-0.4, -0.2) is 11.9 Å². The molecule has 0 aliphatic rings. The molecule has 0 heterocycles. The van der Waals surface area contributed by atoms with E-state index < -0.39 is 58.0 Å². The van der Waals surface area contributed by atoms with E-state index in [2.05, 4.69) is 0 Å². The Balaban J connectivity index is 1.76. The highest BCUT2D eigenvalue weighted by molar-refractivity contribution is 6.02. The summed E-state index contributed by atoms with van der Waals surface area (Å²) in [7, 11) is 0. The van der Waals surface area contributed by atoms with Gasteiger partial charge in [-0.2, -0.15) is 0 Å². The first-order chi connectivity index (χ1) is 17.0. The maximum Gasteiger partial charge on any atom is 0.346 e. The van der Waals surface area contributed by atoms with Crippen molar-refractivity contribution < 1.29 is 45.4 Å². The third kappa shape index (κ3) is 4.26. The Labute approximate surface area is 199 Å². The lowest BCUT2D eigenvalue weighted by atomic mass is 9.99. The van der Waals surface area contributed by atoms with Crippen LogP contribution in [0.1, 0.15) is 31.8 Å². The van der Waals surface area contributed by atoms with Crippen LogP contribution in [-0.2, 0) is 0 Å². The molecule has 4 nitrogen and oxygen atoms in total. The van der Waals surface area contributed by atoms with Crippen molar-refractivity contribution in [3.63, 3.8) is 0 Å². The SMILES string of the molecule is Cc1ccc(OC(=O)c2ccc(F)c(F)c2F)c2c(C)ccc(OC(=O)c3ccc(F)c(F)c3F)c12. The summed E-state index contributed by atoms with van der Waals surface area (Å²) in [6.45, 7) is 3.25. The van der Waals surface area contributed by atoms with Crippen LogP contribution in [0.15, 0.2) is 48.5 Å². The lowest BCUT2D eigenvalue weighted by Crippen LogP contribution is -2.14. The van der Waals surface area contributed by atoms with Gasteiger partial charge in [-0.15, -0.1) is 0 Å². The zero-order valence-corrected chi connectivity index (χ0v) is 18.5. The molecular formula is C26H14F6O4. The average Bonchev–Trinajstić information content (AvgIpc) is 2.84. The van der Waals surface area contributed by atoms with Crippen LogP contribution in [0.5, 0.6) is 11.5 Å². The molecule has 184 valence electrons. The smallest absolute Gasteiger partial charge is 0.346 e. The summed E-state index contributed by atoms with van der Waals surface area (Å²) in [4.78, 5) is 25.1. The molecule has 0 amide bonds. The normalized spacial score (nSPS) is 11.0. The van der Waals surface area contributed by atoms with Crippen molar-refractivity contribution in [2.24, 2.45) is 0 Å². The second kappa shape index (κ2) is 9.37. The third-order valence-corrected chi connectivity index (χ3v) is 5.42. The van der Waals surface area contributed by atoms with Crippen LogP contribution in [0.3, 0.4) is 0 Å². The molecule has 4 rings (SSSR count). The molecule has 0 aliphatic carbocycles. The Morgan fingerprint density at radius 3 is 1.25 bits per heavy atom. The summed E-state index contributed by atoms with van der Waals surface area (Å²) in [6.07, 6.45) is 0. The van der Waals surface area contributed by atoms with Crippen molar-refractivity contribution in [2.45, 2.75) is 13.8 Å². The lowest BCUT2D eigenvalue weighted by Gasteiger charge is -2.16. The van der Waals surface area contributed by atoms with Gasteiger partial charge in [0.05, 0.1) is 11.1 Å². The van der Waals surface area contributed by atoms with E-state index in [1.807, 2.05) is 0 Å². The largest absolute Gasteiger partial charge is 0.422 e. The lowest BCUT2D eigenvalue weighted by molar-refractivity contribution is 0.0718. The Kier molecular flexibility index (Phi) is 6.45. The number of benzene rings is 4. The van der Waals surface area contributed by atoms with E-state index in [1.165, 1.54) is 24.3 Å². The first kappa shape index (κ1) is 24.8. The van der Waals surface area contributed by atoms with Gasteiger partial charge in [0, 0.05) is 10.8 Å². The van der Waals surface area contributed by atoms with E-state index >= 15 is 0 Å². The molecule has 4 aromatic carbocycles. The van der Waals surface area contributed by atoms with Crippen LogP contribution in [0.25, 0.3) is 10.8 Å². The van der Waals surface area contributed by atoms with Crippen LogP contribution in [0, 0.1) is 48.8 Å². The Bertz CT molecular complexity index is 1450. The fourth-order valence-electron chi connectivity index (χ4n) is 3.61. The summed E-state index contributed by atoms with van der Waals surface area (Å²) in [5.41, 5.74) is -0.671. The minimum Gasteiger partial charge on any atom is -0.422 e. The highest BCUT2D eigenvalue weighted by atomic mass is 19.2. The molecule has 0 bridgehead atoms. The number of ether oxygens (including phenoxy) is 2. The first-order valence-corrected chi connectivity index (χ1v) is 10.3. The van der Waals surface area contributed by atoms with Gasteiger partial charge in [-0.25, -0.2) is 35.9 Å². The number of esters is 2. The van der Waals surface area contributed by atoms with Crippen LogP contribution < -0.4 is 9.47 Å². The summed E-state index contributed by atoms with van der Waals surface area (Å²) < 4.78 is 92.3. The highest BCUT2D eigenvalue weighted by Crippen LogP contribution is 2.38. The summed E-state index contributed by atoms with van der Waals surface area (Å²) in [5.74, 6) is -13.0. The van der Waals surface area contributed by atoms with E-state index in [0.29, 0.717) is 23.3 Å².